The van der Waals surface area contributed by atoms with Gasteiger partial charge in [-0.2, -0.15) is 4.31 Å². The van der Waals surface area contributed by atoms with E-state index in [-0.39, 0.29) is 6.04 Å². The second kappa shape index (κ2) is 5.52. The lowest BCUT2D eigenvalue weighted by atomic mass is 10.5. The van der Waals surface area contributed by atoms with Crippen molar-refractivity contribution < 1.29 is 8.42 Å². The summed E-state index contributed by atoms with van der Waals surface area (Å²) in [6.45, 7) is 4.62. The summed E-state index contributed by atoms with van der Waals surface area (Å²) in [6.07, 6.45) is 3.57. The molecule has 0 radical (unpaired) electrons. The maximum absolute atomic E-state index is 12.6. The number of hydrogen-bond acceptors (Lipinski definition) is 4. The zero-order valence-corrected chi connectivity index (χ0v) is 12.1. The number of sulfonamides is 1. The van der Waals surface area contributed by atoms with Gasteiger partial charge in [0.05, 0.1) is 4.90 Å². The molecule has 4 nitrogen and oxygen atoms in total. The van der Waals surface area contributed by atoms with E-state index < -0.39 is 10.0 Å². The van der Waals surface area contributed by atoms with E-state index in [1.54, 1.807) is 16.4 Å². The molecule has 1 aliphatic rings. The Bertz CT molecular complexity index is 518. The van der Waals surface area contributed by atoms with Crippen molar-refractivity contribution in [3.05, 3.63) is 29.0 Å². The van der Waals surface area contributed by atoms with Crippen LogP contribution in [-0.4, -0.2) is 32.4 Å². The van der Waals surface area contributed by atoms with E-state index in [1.165, 1.54) is 11.3 Å². The van der Waals surface area contributed by atoms with Crippen molar-refractivity contribution in [1.82, 2.24) is 9.62 Å². The summed E-state index contributed by atoms with van der Waals surface area (Å²) < 4.78 is 26.8. The molecule has 1 N–H and O–H groups in total. The molecule has 1 aliphatic carbocycles. The topological polar surface area (TPSA) is 49.4 Å². The Kier molecular flexibility index (Phi) is 4.21. The van der Waals surface area contributed by atoms with Crippen LogP contribution in [0, 0.1) is 0 Å². The number of hydrogen-bond donors (Lipinski definition) is 1. The summed E-state index contributed by atoms with van der Waals surface area (Å²) in [6, 6.07) is 1.86. The molecule has 100 valence electrons. The minimum absolute atomic E-state index is 0.162. The standard InChI is InChI=1S/C12H18N2O2S2/c1-3-7-14(10-4-5-10)18(15,16)12-6-8-17-11(12)9-13-2/h3,6,8,10,13H,1,4-5,7,9H2,2H3. The van der Waals surface area contributed by atoms with E-state index in [1.807, 2.05) is 12.4 Å². The Hall–Kier alpha value is -0.690. The average Bonchev–Trinajstić information content (AvgIpc) is 3.05. The summed E-state index contributed by atoms with van der Waals surface area (Å²) in [5.41, 5.74) is 0. The molecule has 1 saturated carbocycles. The third kappa shape index (κ3) is 2.66. The summed E-state index contributed by atoms with van der Waals surface area (Å²) in [5, 5.41) is 4.84. The lowest BCUT2D eigenvalue weighted by Crippen LogP contribution is -2.33. The number of thiophene rings is 1. The molecule has 0 amide bonds. The van der Waals surface area contributed by atoms with E-state index in [0.717, 1.165) is 17.7 Å². The first-order valence-electron chi connectivity index (χ1n) is 5.95. The average molecular weight is 286 g/mol. The van der Waals surface area contributed by atoms with Crippen LogP contribution < -0.4 is 5.32 Å². The van der Waals surface area contributed by atoms with Gasteiger partial charge in [-0.15, -0.1) is 17.9 Å². The first kappa shape index (κ1) is 13.7. The molecule has 0 spiro atoms. The monoisotopic (exact) mass is 286 g/mol. The smallest absolute Gasteiger partial charge is 0.244 e. The molecule has 2 rings (SSSR count). The Balaban J connectivity index is 2.33. The highest BCUT2D eigenvalue weighted by Crippen LogP contribution is 2.34. The Morgan fingerprint density at radius 2 is 2.33 bits per heavy atom. The van der Waals surface area contributed by atoms with Gasteiger partial charge < -0.3 is 5.32 Å². The predicted molar refractivity (Wildman–Crippen MR) is 74.2 cm³/mol. The van der Waals surface area contributed by atoms with Crippen molar-refractivity contribution in [1.29, 1.82) is 0 Å². The van der Waals surface area contributed by atoms with Gasteiger partial charge in [-0.25, -0.2) is 8.42 Å². The van der Waals surface area contributed by atoms with Crippen LogP contribution in [-0.2, 0) is 16.6 Å². The zero-order valence-electron chi connectivity index (χ0n) is 10.4. The van der Waals surface area contributed by atoms with Crippen LogP contribution in [0.4, 0.5) is 0 Å². The lowest BCUT2D eigenvalue weighted by molar-refractivity contribution is 0.435. The Morgan fingerprint density at radius 3 is 2.89 bits per heavy atom. The molecule has 18 heavy (non-hydrogen) atoms. The minimum atomic E-state index is -3.38. The number of nitrogens with one attached hydrogen (secondary N) is 1. The molecular weight excluding hydrogens is 268 g/mol. The van der Waals surface area contributed by atoms with Crippen LogP contribution >= 0.6 is 11.3 Å². The molecule has 0 saturated heterocycles. The van der Waals surface area contributed by atoms with Crippen LogP contribution in [0.25, 0.3) is 0 Å². The Morgan fingerprint density at radius 1 is 1.61 bits per heavy atom. The van der Waals surface area contributed by atoms with Crippen molar-refractivity contribution in [3.8, 4) is 0 Å². The quantitative estimate of drug-likeness (QED) is 0.778. The first-order valence-corrected chi connectivity index (χ1v) is 8.27. The van der Waals surface area contributed by atoms with Crippen LogP contribution in [0.15, 0.2) is 29.0 Å². The van der Waals surface area contributed by atoms with Gasteiger partial charge in [-0.05, 0) is 31.3 Å². The van der Waals surface area contributed by atoms with E-state index >= 15 is 0 Å². The van der Waals surface area contributed by atoms with E-state index in [2.05, 4.69) is 11.9 Å². The summed E-state index contributed by atoms with van der Waals surface area (Å²) in [7, 11) is -1.56. The molecule has 0 aromatic carbocycles. The molecule has 6 heteroatoms. The van der Waals surface area contributed by atoms with Crippen molar-refractivity contribution in [2.45, 2.75) is 30.3 Å². The molecule has 1 fully saturated rings. The highest BCUT2D eigenvalue weighted by atomic mass is 32.2. The third-order valence-electron chi connectivity index (χ3n) is 2.89. The van der Waals surface area contributed by atoms with Gasteiger partial charge >= 0.3 is 0 Å². The molecule has 1 heterocycles. The second-order valence-electron chi connectivity index (χ2n) is 4.33. The maximum atomic E-state index is 12.6. The second-order valence-corrected chi connectivity index (χ2v) is 7.19. The molecular formula is C12H18N2O2S2. The van der Waals surface area contributed by atoms with Crippen LogP contribution in [0.2, 0.25) is 0 Å². The van der Waals surface area contributed by atoms with Gasteiger partial charge in [-0.1, -0.05) is 6.08 Å². The van der Waals surface area contributed by atoms with Crippen LogP contribution in [0.5, 0.6) is 0 Å². The molecule has 0 aliphatic heterocycles. The molecule has 1 aromatic heterocycles. The summed E-state index contributed by atoms with van der Waals surface area (Å²) in [5.74, 6) is 0. The predicted octanol–water partition coefficient (Wildman–Crippen LogP) is 1.81. The Labute approximate surface area is 112 Å². The van der Waals surface area contributed by atoms with E-state index in [4.69, 9.17) is 0 Å². The normalized spacial score (nSPS) is 16.1. The zero-order chi connectivity index (χ0) is 13.2. The first-order chi connectivity index (χ1) is 8.61. The van der Waals surface area contributed by atoms with E-state index in [0.29, 0.717) is 18.0 Å². The highest BCUT2D eigenvalue weighted by Gasteiger charge is 2.38. The maximum Gasteiger partial charge on any atom is 0.244 e. The summed E-state index contributed by atoms with van der Waals surface area (Å²) >= 11 is 1.47. The molecule has 0 bridgehead atoms. The lowest BCUT2D eigenvalue weighted by Gasteiger charge is -2.20. The van der Waals surface area contributed by atoms with Crippen molar-refractivity contribution in [2.75, 3.05) is 13.6 Å². The van der Waals surface area contributed by atoms with Crippen molar-refractivity contribution in [3.63, 3.8) is 0 Å². The largest absolute Gasteiger partial charge is 0.315 e. The SMILES string of the molecule is C=CCN(C1CC1)S(=O)(=O)c1ccsc1CNC. The van der Waals surface area contributed by atoms with Gasteiger partial charge in [0.15, 0.2) is 0 Å². The van der Waals surface area contributed by atoms with Gasteiger partial charge in [0.1, 0.15) is 0 Å². The van der Waals surface area contributed by atoms with Crippen LogP contribution in [0.3, 0.4) is 0 Å². The van der Waals surface area contributed by atoms with Gasteiger partial charge in [0.25, 0.3) is 0 Å². The van der Waals surface area contributed by atoms with Crippen molar-refractivity contribution >= 4 is 21.4 Å². The van der Waals surface area contributed by atoms with Gasteiger partial charge in [0, 0.05) is 24.0 Å². The number of rotatable bonds is 7. The van der Waals surface area contributed by atoms with E-state index in [9.17, 15) is 8.42 Å². The molecule has 0 atom stereocenters. The third-order valence-corrected chi connectivity index (χ3v) is 5.94. The fraction of sp³-hybridized carbons (Fsp3) is 0.500. The fourth-order valence-corrected chi connectivity index (χ4v) is 4.99. The minimum Gasteiger partial charge on any atom is -0.315 e. The van der Waals surface area contributed by atoms with Gasteiger partial charge in [0.2, 0.25) is 10.0 Å². The molecule has 0 unspecified atom stereocenters. The fourth-order valence-electron chi connectivity index (χ4n) is 1.91. The van der Waals surface area contributed by atoms with Crippen LogP contribution in [0.1, 0.15) is 17.7 Å². The highest BCUT2D eigenvalue weighted by molar-refractivity contribution is 7.89. The van der Waals surface area contributed by atoms with Crippen molar-refractivity contribution in [2.24, 2.45) is 0 Å². The van der Waals surface area contributed by atoms with Gasteiger partial charge in [-0.3, -0.25) is 0 Å². The molecule has 1 aromatic rings. The number of nitrogens with zero attached hydrogens (tertiary/aromatic N) is 1. The summed E-state index contributed by atoms with van der Waals surface area (Å²) in [4.78, 5) is 1.31.